The van der Waals surface area contributed by atoms with Gasteiger partial charge in [0.2, 0.25) is 0 Å². The van der Waals surface area contributed by atoms with Crippen molar-refractivity contribution in [3.05, 3.63) is 11.8 Å². The van der Waals surface area contributed by atoms with Crippen LogP contribution in [-0.4, -0.2) is 24.5 Å². The van der Waals surface area contributed by atoms with E-state index in [1.54, 1.807) is 13.8 Å². The molecule has 0 aliphatic carbocycles. The molecular formula is C8H14O4. The van der Waals surface area contributed by atoms with Crippen molar-refractivity contribution in [3.8, 4) is 0 Å². The van der Waals surface area contributed by atoms with E-state index in [9.17, 15) is 4.79 Å². The highest BCUT2D eigenvalue weighted by Crippen LogP contribution is 2.02. The van der Waals surface area contributed by atoms with Gasteiger partial charge in [0.1, 0.15) is 0 Å². The molecule has 4 heteroatoms. The average Bonchev–Trinajstić information content (AvgIpc) is 2.04. The molecule has 0 aromatic carbocycles. The van der Waals surface area contributed by atoms with Crippen LogP contribution in [0.5, 0.6) is 0 Å². The predicted octanol–water partition coefficient (Wildman–Crippen LogP) is 1.37. The summed E-state index contributed by atoms with van der Waals surface area (Å²) in [6, 6.07) is 0. The van der Waals surface area contributed by atoms with Gasteiger partial charge >= 0.3 is 5.97 Å². The average molecular weight is 174 g/mol. The van der Waals surface area contributed by atoms with Crippen molar-refractivity contribution in [1.82, 2.24) is 0 Å². The Kier molecular flexibility index (Phi) is 5.12. The Morgan fingerprint density at radius 3 is 2.58 bits per heavy atom. The van der Waals surface area contributed by atoms with Gasteiger partial charge in [0, 0.05) is 7.11 Å². The van der Waals surface area contributed by atoms with E-state index in [0.717, 1.165) is 0 Å². The highest BCUT2D eigenvalue weighted by atomic mass is 16.7. The van der Waals surface area contributed by atoms with Crippen LogP contribution in [0.4, 0.5) is 0 Å². The summed E-state index contributed by atoms with van der Waals surface area (Å²) < 4.78 is 9.71. The van der Waals surface area contributed by atoms with Gasteiger partial charge in [0.15, 0.2) is 6.29 Å². The van der Waals surface area contributed by atoms with E-state index < -0.39 is 12.3 Å². The van der Waals surface area contributed by atoms with Crippen LogP contribution >= 0.6 is 0 Å². The number of rotatable bonds is 5. The summed E-state index contributed by atoms with van der Waals surface area (Å²) in [6.07, 6.45) is 1.24. The predicted molar refractivity (Wildman–Crippen MR) is 43.6 cm³/mol. The minimum atomic E-state index is -0.958. The zero-order valence-electron chi connectivity index (χ0n) is 7.53. The molecular weight excluding hydrogens is 160 g/mol. The lowest BCUT2D eigenvalue weighted by molar-refractivity contribution is -0.133. The molecule has 0 saturated carbocycles. The van der Waals surface area contributed by atoms with Crippen molar-refractivity contribution >= 4 is 5.97 Å². The van der Waals surface area contributed by atoms with Crippen molar-refractivity contribution in [2.75, 3.05) is 7.11 Å². The molecule has 0 aromatic rings. The summed E-state index contributed by atoms with van der Waals surface area (Å²) in [5.74, 6) is -0.958. The fourth-order valence-electron chi connectivity index (χ4n) is 0.518. The number of carbonyl (C=O) groups is 1. The van der Waals surface area contributed by atoms with Crippen LogP contribution in [0.3, 0.4) is 0 Å². The van der Waals surface area contributed by atoms with E-state index in [1.165, 1.54) is 13.4 Å². The number of methoxy groups -OCH3 is 1. The number of hydrogen-bond acceptors (Lipinski definition) is 3. The number of carboxylic acids is 1. The van der Waals surface area contributed by atoms with Gasteiger partial charge in [-0.1, -0.05) is 6.92 Å². The van der Waals surface area contributed by atoms with Crippen molar-refractivity contribution in [1.29, 1.82) is 0 Å². The fourth-order valence-corrected chi connectivity index (χ4v) is 0.518. The molecule has 0 saturated heterocycles. The van der Waals surface area contributed by atoms with Crippen molar-refractivity contribution < 1.29 is 19.4 Å². The van der Waals surface area contributed by atoms with Crippen molar-refractivity contribution in [3.63, 3.8) is 0 Å². The number of carboxylic acid groups (broad SMARTS) is 1. The molecule has 70 valence electrons. The molecule has 12 heavy (non-hydrogen) atoms. The summed E-state index contributed by atoms with van der Waals surface area (Å²) in [5.41, 5.74) is 0.235. The first-order chi connectivity index (χ1) is 5.61. The third kappa shape index (κ3) is 3.98. The molecule has 0 heterocycles. The first kappa shape index (κ1) is 11.0. The molecule has 1 N–H and O–H groups in total. The molecule has 0 bridgehead atoms. The summed E-state index contributed by atoms with van der Waals surface area (Å²) >= 11 is 0. The van der Waals surface area contributed by atoms with Gasteiger partial charge in [-0.3, -0.25) is 0 Å². The van der Waals surface area contributed by atoms with E-state index in [1.807, 2.05) is 0 Å². The van der Waals surface area contributed by atoms with Crippen LogP contribution in [0.15, 0.2) is 11.8 Å². The molecule has 0 radical (unpaired) electrons. The van der Waals surface area contributed by atoms with Gasteiger partial charge in [-0.15, -0.1) is 0 Å². The Labute approximate surface area is 71.8 Å². The maximum atomic E-state index is 10.4. The molecule has 1 atom stereocenters. The van der Waals surface area contributed by atoms with E-state index in [-0.39, 0.29) is 5.57 Å². The van der Waals surface area contributed by atoms with E-state index in [2.05, 4.69) is 0 Å². The highest BCUT2D eigenvalue weighted by molar-refractivity contribution is 5.86. The van der Waals surface area contributed by atoms with E-state index in [0.29, 0.717) is 6.42 Å². The lowest BCUT2D eigenvalue weighted by Gasteiger charge is -2.08. The van der Waals surface area contributed by atoms with Gasteiger partial charge < -0.3 is 14.6 Å². The van der Waals surface area contributed by atoms with Crippen molar-refractivity contribution in [2.24, 2.45) is 0 Å². The largest absolute Gasteiger partial charge is 0.478 e. The normalized spacial score (nSPS) is 14.1. The van der Waals surface area contributed by atoms with Crippen LogP contribution in [0.25, 0.3) is 0 Å². The topological polar surface area (TPSA) is 55.8 Å². The van der Waals surface area contributed by atoms with Crippen LogP contribution < -0.4 is 0 Å². The van der Waals surface area contributed by atoms with Crippen molar-refractivity contribution in [2.45, 2.75) is 26.6 Å². The lowest BCUT2D eigenvalue weighted by Crippen LogP contribution is -2.08. The molecule has 0 aliphatic rings. The van der Waals surface area contributed by atoms with E-state index >= 15 is 0 Å². The number of hydrogen-bond donors (Lipinski definition) is 1. The molecule has 1 unspecified atom stereocenters. The Hall–Kier alpha value is -1.03. The summed E-state index contributed by atoms with van der Waals surface area (Å²) in [5, 5.41) is 8.57. The monoisotopic (exact) mass is 174 g/mol. The van der Waals surface area contributed by atoms with Gasteiger partial charge in [-0.05, 0) is 13.3 Å². The standard InChI is InChI=1S/C8H14O4/c1-4-7(8(9)10)5-12-6(2)11-3/h5-6H,4H2,1-3H3,(H,9,10). The molecule has 0 aromatic heterocycles. The molecule has 0 fully saturated rings. The minimum Gasteiger partial charge on any atom is -0.478 e. The molecule has 4 nitrogen and oxygen atoms in total. The first-order valence-electron chi connectivity index (χ1n) is 3.72. The Morgan fingerprint density at radius 1 is 1.67 bits per heavy atom. The second-order valence-corrected chi connectivity index (χ2v) is 2.24. The molecule has 0 amide bonds. The quantitative estimate of drug-likeness (QED) is 0.388. The van der Waals surface area contributed by atoms with Gasteiger partial charge in [0.05, 0.1) is 11.8 Å². The number of ether oxygens (including phenoxy) is 2. The van der Waals surface area contributed by atoms with Crippen LogP contribution in [0.2, 0.25) is 0 Å². The van der Waals surface area contributed by atoms with Crippen LogP contribution in [0.1, 0.15) is 20.3 Å². The van der Waals surface area contributed by atoms with Crippen LogP contribution in [0, 0.1) is 0 Å². The zero-order valence-corrected chi connectivity index (χ0v) is 7.53. The Bertz CT molecular complexity index is 174. The van der Waals surface area contributed by atoms with Gasteiger partial charge in [-0.25, -0.2) is 4.79 Å². The Morgan fingerprint density at radius 2 is 2.25 bits per heavy atom. The maximum Gasteiger partial charge on any atom is 0.334 e. The van der Waals surface area contributed by atoms with Gasteiger partial charge in [0.25, 0.3) is 0 Å². The fraction of sp³-hybridized carbons (Fsp3) is 0.625. The zero-order chi connectivity index (χ0) is 9.56. The summed E-state index contributed by atoms with van der Waals surface area (Å²) in [4.78, 5) is 10.4. The third-order valence-corrected chi connectivity index (χ3v) is 1.39. The van der Waals surface area contributed by atoms with E-state index in [4.69, 9.17) is 14.6 Å². The highest BCUT2D eigenvalue weighted by Gasteiger charge is 2.05. The lowest BCUT2D eigenvalue weighted by atomic mass is 10.2. The summed E-state index contributed by atoms with van der Waals surface area (Å²) in [6.45, 7) is 3.44. The van der Waals surface area contributed by atoms with Gasteiger partial charge in [-0.2, -0.15) is 0 Å². The smallest absolute Gasteiger partial charge is 0.334 e. The number of aliphatic carboxylic acids is 1. The third-order valence-electron chi connectivity index (χ3n) is 1.39. The Balaban J connectivity index is 4.03. The maximum absolute atomic E-state index is 10.4. The summed E-state index contributed by atoms with van der Waals surface area (Å²) in [7, 11) is 1.49. The minimum absolute atomic E-state index is 0.235. The molecule has 0 aliphatic heterocycles. The van der Waals surface area contributed by atoms with Crippen LogP contribution in [-0.2, 0) is 14.3 Å². The second kappa shape index (κ2) is 5.60. The second-order valence-electron chi connectivity index (χ2n) is 2.24. The molecule has 0 rings (SSSR count). The first-order valence-corrected chi connectivity index (χ1v) is 3.72. The SMILES string of the molecule is CCC(=COC(C)OC)C(=O)O. The molecule has 0 spiro atoms.